The summed E-state index contributed by atoms with van der Waals surface area (Å²) in [5.41, 5.74) is 2.29. The highest BCUT2D eigenvalue weighted by molar-refractivity contribution is 6.46. The second-order valence-corrected chi connectivity index (χ2v) is 8.39. The van der Waals surface area contributed by atoms with Gasteiger partial charge in [0, 0.05) is 12.1 Å². The molecular weight excluding hydrogens is 404 g/mol. The average molecular weight is 437 g/mol. The smallest absolute Gasteiger partial charge is 0.295 e. The predicted octanol–water partition coefficient (Wildman–Crippen LogP) is 4.16. The Labute approximate surface area is 190 Å². The lowest BCUT2D eigenvalue weighted by atomic mass is 9.95. The molecule has 1 heterocycles. The van der Waals surface area contributed by atoms with Crippen LogP contribution in [0.2, 0.25) is 0 Å². The molecule has 2 aromatic carbocycles. The van der Waals surface area contributed by atoms with E-state index >= 15 is 0 Å². The normalized spacial score (nSPS) is 17.9. The summed E-state index contributed by atoms with van der Waals surface area (Å²) in [6, 6.07) is 14.1. The van der Waals surface area contributed by atoms with E-state index in [2.05, 4.69) is 0 Å². The zero-order valence-corrected chi connectivity index (χ0v) is 19.3. The van der Waals surface area contributed by atoms with Crippen LogP contribution in [0.3, 0.4) is 0 Å². The molecule has 0 unspecified atom stereocenters. The minimum atomic E-state index is -0.648. The van der Waals surface area contributed by atoms with Gasteiger partial charge in [-0.1, -0.05) is 37.3 Å². The van der Waals surface area contributed by atoms with Crippen molar-refractivity contribution in [3.63, 3.8) is 0 Å². The zero-order chi connectivity index (χ0) is 23.3. The summed E-state index contributed by atoms with van der Waals surface area (Å²) in [5.74, 6) is -0.631. The number of carbonyl (C=O) groups is 2. The van der Waals surface area contributed by atoms with E-state index in [0.29, 0.717) is 18.7 Å². The van der Waals surface area contributed by atoms with Crippen molar-refractivity contribution in [1.82, 2.24) is 9.80 Å². The van der Waals surface area contributed by atoms with Gasteiger partial charge in [0.1, 0.15) is 11.5 Å². The number of hydrogen-bond donors (Lipinski definition) is 1. The molecule has 1 atom stereocenters. The van der Waals surface area contributed by atoms with Gasteiger partial charge in [0.25, 0.3) is 11.7 Å². The van der Waals surface area contributed by atoms with Crippen LogP contribution in [-0.4, -0.2) is 60.4 Å². The van der Waals surface area contributed by atoms with Crippen molar-refractivity contribution in [1.29, 1.82) is 0 Å². The molecule has 1 fully saturated rings. The monoisotopic (exact) mass is 436 g/mol. The molecule has 6 nitrogen and oxygen atoms in total. The third kappa shape index (κ3) is 5.02. The average Bonchev–Trinajstić information content (AvgIpc) is 3.03. The lowest BCUT2D eigenvalue weighted by molar-refractivity contribution is -0.139. The Bertz CT molecular complexity index is 998. The third-order valence-corrected chi connectivity index (χ3v) is 5.57. The minimum absolute atomic E-state index is 0.132. The molecule has 1 amide bonds. The molecule has 3 rings (SSSR count). The van der Waals surface area contributed by atoms with Crippen molar-refractivity contribution < 1.29 is 19.4 Å². The predicted molar refractivity (Wildman–Crippen MR) is 126 cm³/mol. The number of ether oxygens (including phenoxy) is 1. The number of amides is 1. The van der Waals surface area contributed by atoms with Crippen molar-refractivity contribution in [2.75, 3.05) is 33.8 Å². The number of aryl methyl sites for hydroxylation is 1. The van der Waals surface area contributed by atoms with Crippen LogP contribution < -0.4 is 4.74 Å². The van der Waals surface area contributed by atoms with E-state index in [-0.39, 0.29) is 11.3 Å². The molecule has 1 aliphatic rings. The number of hydrogen-bond acceptors (Lipinski definition) is 5. The molecule has 0 bridgehead atoms. The lowest BCUT2D eigenvalue weighted by Crippen LogP contribution is -2.32. The van der Waals surface area contributed by atoms with Gasteiger partial charge < -0.3 is 19.6 Å². The Morgan fingerprint density at radius 3 is 2.47 bits per heavy atom. The highest BCUT2D eigenvalue weighted by Gasteiger charge is 2.45. The fourth-order valence-corrected chi connectivity index (χ4v) is 3.98. The van der Waals surface area contributed by atoms with Crippen molar-refractivity contribution in [3.05, 3.63) is 70.8 Å². The van der Waals surface area contributed by atoms with Gasteiger partial charge in [-0.25, -0.2) is 0 Å². The number of nitrogens with zero attached hydrogens (tertiary/aromatic N) is 2. The van der Waals surface area contributed by atoms with Crippen LogP contribution in [0.5, 0.6) is 5.75 Å². The summed E-state index contributed by atoms with van der Waals surface area (Å²) in [6.45, 7) is 5.77. The van der Waals surface area contributed by atoms with Gasteiger partial charge in [-0.15, -0.1) is 0 Å². The van der Waals surface area contributed by atoms with Crippen molar-refractivity contribution >= 4 is 17.4 Å². The first-order valence-electron chi connectivity index (χ1n) is 11.1. The topological polar surface area (TPSA) is 70.1 Å². The van der Waals surface area contributed by atoms with E-state index in [1.807, 2.05) is 63.2 Å². The minimum Gasteiger partial charge on any atom is -0.507 e. The van der Waals surface area contributed by atoms with Crippen molar-refractivity contribution in [3.8, 4) is 5.75 Å². The van der Waals surface area contributed by atoms with E-state index < -0.39 is 17.7 Å². The molecule has 1 N–H and O–H groups in total. The first kappa shape index (κ1) is 23.5. The summed E-state index contributed by atoms with van der Waals surface area (Å²) in [6.07, 6.45) is 1.63. The molecule has 6 heteroatoms. The summed E-state index contributed by atoms with van der Waals surface area (Å²) < 4.78 is 5.72. The van der Waals surface area contributed by atoms with Gasteiger partial charge in [0.05, 0.1) is 18.2 Å². The Hall–Kier alpha value is -3.12. The third-order valence-electron chi connectivity index (χ3n) is 5.57. The molecule has 0 spiro atoms. The largest absolute Gasteiger partial charge is 0.507 e. The van der Waals surface area contributed by atoms with Crippen LogP contribution in [-0.2, 0) is 9.59 Å². The molecule has 170 valence electrons. The maximum absolute atomic E-state index is 13.1. The number of ketones is 1. The number of carbonyl (C=O) groups excluding carboxylic acids is 2. The maximum atomic E-state index is 13.1. The maximum Gasteiger partial charge on any atom is 0.295 e. The summed E-state index contributed by atoms with van der Waals surface area (Å²) >= 11 is 0. The fraction of sp³-hybridized carbons (Fsp3) is 0.385. The SMILES string of the molecule is CCCOc1ccc(C(O)=C2C(=O)C(=O)N(CCCN(C)C)[C@H]2c2ccccc2)cc1C. The number of aliphatic hydroxyl groups is 1. The molecule has 0 aromatic heterocycles. The van der Waals surface area contributed by atoms with Gasteiger partial charge >= 0.3 is 0 Å². The van der Waals surface area contributed by atoms with Gasteiger partial charge in [-0.3, -0.25) is 9.59 Å². The highest BCUT2D eigenvalue weighted by Crippen LogP contribution is 2.39. The molecule has 0 radical (unpaired) electrons. The van der Waals surface area contributed by atoms with Crippen LogP contribution in [0.15, 0.2) is 54.1 Å². The Morgan fingerprint density at radius 1 is 1.12 bits per heavy atom. The summed E-state index contributed by atoms with van der Waals surface area (Å²) in [5, 5.41) is 11.2. The van der Waals surface area contributed by atoms with Gasteiger partial charge in [-0.2, -0.15) is 0 Å². The van der Waals surface area contributed by atoms with Crippen LogP contribution in [0.4, 0.5) is 0 Å². The van der Waals surface area contributed by atoms with E-state index in [9.17, 15) is 14.7 Å². The standard InChI is InChI=1S/C26H32N2O4/c1-5-16-32-21-13-12-20(17-18(21)2)24(29)22-23(19-10-7-6-8-11-19)28(26(31)25(22)30)15-9-14-27(3)4/h6-8,10-13,17,23,29H,5,9,14-16H2,1-4H3/t23-/m0/s1. The molecule has 0 aliphatic carbocycles. The number of benzene rings is 2. The van der Waals surface area contributed by atoms with E-state index in [1.165, 1.54) is 0 Å². The second-order valence-electron chi connectivity index (χ2n) is 8.39. The van der Waals surface area contributed by atoms with E-state index in [0.717, 1.165) is 36.3 Å². The number of Topliss-reactive ketones (excluding diaryl/α,β-unsaturated/α-hetero) is 1. The molecule has 1 saturated heterocycles. The Balaban J connectivity index is 2.03. The molecule has 2 aromatic rings. The van der Waals surface area contributed by atoms with Crippen LogP contribution in [0.1, 0.15) is 42.5 Å². The number of rotatable bonds is 9. The van der Waals surface area contributed by atoms with E-state index in [4.69, 9.17) is 4.74 Å². The Morgan fingerprint density at radius 2 is 1.84 bits per heavy atom. The highest BCUT2D eigenvalue weighted by atomic mass is 16.5. The number of aliphatic hydroxyl groups excluding tert-OH is 1. The fourth-order valence-electron chi connectivity index (χ4n) is 3.98. The molecule has 0 saturated carbocycles. The van der Waals surface area contributed by atoms with Gasteiger partial charge in [0.15, 0.2) is 0 Å². The molecule has 32 heavy (non-hydrogen) atoms. The molecular formula is C26H32N2O4. The summed E-state index contributed by atoms with van der Waals surface area (Å²) in [4.78, 5) is 29.6. The first-order valence-corrected chi connectivity index (χ1v) is 11.1. The molecule has 1 aliphatic heterocycles. The van der Waals surface area contributed by atoms with Crippen molar-refractivity contribution in [2.24, 2.45) is 0 Å². The van der Waals surface area contributed by atoms with Gasteiger partial charge in [0.2, 0.25) is 0 Å². The summed E-state index contributed by atoms with van der Waals surface area (Å²) in [7, 11) is 3.94. The van der Waals surface area contributed by atoms with Crippen LogP contribution >= 0.6 is 0 Å². The second kappa shape index (κ2) is 10.5. The number of likely N-dealkylation sites (tertiary alicyclic amines) is 1. The Kier molecular flexibility index (Phi) is 7.70. The van der Waals surface area contributed by atoms with E-state index in [1.54, 1.807) is 23.1 Å². The first-order chi connectivity index (χ1) is 15.3. The van der Waals surface area contributed by atoms with Crippen LogP contribution in [0, 0.1) is 6.92 Å². The van der Waals surface area contributed by atoms with Gasteiger partial charge in [-0.05, 0) is 69.7 Å². The van der Waals surface area contributed by atoms with Crippen molar-refractivity contribution in [2.45, 2.75) is 32.7 Å². The van der Waals surface area contributed by atoms with Crippen LogP contribution in [0.25, 0.3) is 5.76 Å². The zero-order valence-electron chi connectivity index (χ0n) is 19.3. The lowest BCUT2D eigenvalue weighted by Gasteiger charge is -2.26. The quantitative estimate of drug-likeness (QED) is 0.363.